The molecule has 0 unspecified atom stereocenters. The van der Waals surface area contributed by atoms with E-state index in [1.54, 1.807) is 19.2 Å². The Morgan fingerprint density at radius 2 is 2.10 bits per heavy atom. The monoisotopic (exact) mass is 276 g/mol. The van der Waals surface area contributed by atoms with Crippen LogP contribution in [0.15, 0.2) is 24.3 Å². The van der Waals surface area contributed by atoms with Gasteiger partial charge in [-0.15, -0.1) is 0 Å². The molecule has 1 aromatic rings. The quantitative estimate of drug-likeness (QED) is 0.804. The molecule has 0 radical (unpaired) electrons. The fourth-order valence-corrected chi connectivity index (χ4v) is 2.11. The molecule has 108 valence electrons. The molecule has 5 nitrogen and oxygen atoms in total. The van der Waals surface area contributed by atoms with Crippen molar-refractivity contribution in [3.63, 3.8) is 0 Å². The molecule has 5 heteroatoms. The SMILES string of the molecule is COCc1cccc(NC(=O)C(=O)NCC2CCC2)c1. The summed E-state index contributed by atoms with van der Waals surface area (Å²) in [5, 5.41) is 5.26. The molecule has 0 aliphatic heterocycles. The van der Waals surface area contributed by atoms with Crippen LogP contribution in [-0.2, 0) is 20.9 Å². The molecule has 20 heavy (non-hydrogen) atoms. The lowest BCUT2D eigenvalue weighted by Gasteiger charge is -2.25. The van der Waals surface area contributed by atoms with Crippen molar-refractivity contribution in [1.82, 2.24) is 5.32 Å². The number of ether oxygens (including phenoxy) is 1. The Morgan fingerprint density at radius 3 is 2.75 bits per heavy atom. The smallest absolute Gasteiger partial charge is 0.313 e. The highest BCUT2D eigenvalue weighted by atomic mass is 16.5. The molecule has 1 fully saturated rings. The number of amides is 2. The number of hydrogen-bond acceptors (Lipinski definition) is 3. The average Bonchev–Trinajstić information content (AvgIpc) is 2.37. The van der Waals surface area contributed by atoms with Gasteiger partial charge in [0.15, 0.2) is 0 Å². The van der Waals surface area contributed by atoms with E-state index < -0.39 is 11.8 Å². The van der Waals surface area contributed by atoms with Crippen molar-refractivity contribution in [3.05, 3.63) is 29.8 Å². The first-order chi connectivity index (χ1) is 9.69. The second kappa shape index (κ2) is 7.05. The summed E-state index contributed by atoms with van der Waals surface area (Å²) >= 11 is 0. The normalized spacial score (nSPS) is 14.4. The minimum absolute atomic E-state index is 0.470. The van der Waals surface area contributed by atoms with E-state index in [0.29, 0.717) is 24.8 Å². The van der Waals surface area contributed by atoms with Crippen LogP contribution in [0, 0.1) is 5.92 Å². The molecule has 2 rings (SSSR count). The van der Waals surface area contributed by atoms with Crippen LogP contribution in [0.2, 0.25) is 0 Å². The van der Waals surface area contributed by atoms with Crippen molar-refractivity contribution in [2.45, 2.75) is 25.9 Å². The highest BCUT2D eigenvalue weighted by Crippen LogP contribution is 2.25. The third-order valence-corrected chi connectivity index (χ3v) is 3.48. The van der Waals surface area contributed by atoms with Crippen LogP contribution in [0.1, 0.15) is 24.8 Å². The average molecular weight is 276 g/mol. The van der Waals surface area contributed by atoms with E-state index in [0.717, 1.165) is 18.4 Å². The van der Waals surface area contributed by atoms with Crippen LogP contribution in [0.4, 0.5) is 5.69 Å². The van der Waals surface area contributed by atoms with E-state index in [9.17, 15) is 9.59 Å². The van der Waals surface area contributed by atoms with E-state index in [1.165, 1.54) is 6.42 Å². The van der Waals surface area contributed by atoms with Gasteiger partial charge in [-0.3, -0.25) is 9.59 Å². The predicted octanol–water partition coefficient (Wildman–Crippen LogP) is 1.69. The Morgan fingerprint density at radius 1 is 1.30 bits per heavy atom. The van der Waals surface area contributed by atoms with Gasteiger partial charge in [0.25, 0.3) is 0 Å². The third kappa shape index (κ3) is 4.06. The molecule has 0 saturated heterocycles. The lowest BCUT2D eigenvalue weighted by molar-refractivity contribution is -0.136. The maximum absolute atomic E-state index is 11.7. The molecule has 0 aromatic heterocycles. The molecule has 2 amide bonds. The Hall–Kier alpha value is -1.88. The van der Waals surface area contributed by atoms with Gasteiger partial charge >= 0.3 is 11.8 Å². The number of hydrogen-bond donors (Lipinski definition) is 2. The molecule has 1 aliphatic rings. The molecule has 0 spiro atoms. The summed E-state index contributed by atoms with van der Waals surface area (Å²) in [4.78, 5) is 23.4. The molecule has 0 bridgehead atoms. The van der Waals surface area contributed by atoms with Crippen molar-refractivity contribution in [1.29, 1.82) is 0 Å². The molecule has 0 heterocycles. The first-order valence-electron chi connectivity index (χ1n) is 6.86. The van der Waals surface area contributed by atoms with Crippen molar-refractivity contribution < 1.29 is 14.3 Å². The van der Waals surface area contributed by atoms with Crippen molar-refractivity contribution in [3.8, 4) is 0 Å². The van der Waals surface area contributed by atoms with Gasteiger partial charge in [-0.05, 0) is 36.5 Å². The second-order valence-corrected chi connectivity index (χ2v) is 5.09. The van der Waals surface area contributed by atoms with E-state index in [4.69, 9.17) is 4.74 Å². The Balaban J connectivity index is 1.83. The zero-order chi connectivity index (χ0) is 14.4. The molecular weight excluding hydrogens is 256 g/mol. The number of carbonyl (C=O) groups excluding carboxylic acids is 2. The zero-order valence-electron chi connectivity index (χ0n) is 11.6. The van der Waals surface area contributed by atoms with Gasteiger partial charge in [-0.2, -0.15) is 0 Å². The van der Waals surface area contributed by atoms with Gasteiger partial charge in [0.1, 0.15) is 0 Å². The van der Waals surface area contributed by atoms with Crippen LogP contribution in [-0.4, -0.2) is 25.5 Å². The minimum Gasteiger partial charge on any atom is -0.380 e. The van der Waals surface area contributed by atoms with Gasteiger partial charge < -0.3 is 15.4 Å². The summed E-state index contributed by atoms with van der Waals surface area (Å²) in [5.41, 5.74) is 1.54. The first-order valence-corrected chi connectivity index (χ1v) is 6.86. The fourth-order valence-electron chi connectivity index (χ4n) is 2.11. The van der Waals surface area contributed by atoms with Gasteiger partial charge in [0.05, 0.1) is 6.61 Å². The number of anilines is 1. The molecular formula is C15H20N2O3. The van der Waals surface area contributed by atoms with E-state index in [1.807, 2.05) is 12.1 Å². The number of rotatable bonds is 5. The summed E-state index contributed by atoms with van der Waals surface area (Å²) in [5.74, 6) is -0.662. The second-order valence-electron chi connectivity index (χ2n) is 5.09. The van der Waals surface area contributed by atoms with Crippen LogP contribution in [0.25, 0.3) is 0 Å². The molecule has 1 aliphatic carbocycles. The summed E-state index contributed by atoms with van der Waals surface area (Å²) in [6.45, 7) is 1.06. The van der Waals surface area contributed by atoms with Gasteiger partial charge in [0.2, 0.25) is 0 Å². The highest BCUT2D eigenvalue weighted by molar-refractivity contribution is 6.39. The van der Waals surface area contributed by atoms with E-state index in [-0.39, 0.29) is 0 Å². The number of benzene rings is 1. The van der Waals surface area contributed by atoms with E-state index >= 15 is 0 Å². The molecule has 2 N–H and O–H groups in total. The maximum atomic E-state index is 11.7. The number of nitrogens with one attached hydrogen (secondary N) is 2. The number of methoxy groups -OCH3 is 1. The summed E-state index contributed by atoms with van der Waals surface area (Å²) in [6, 6.07) is 7.25. The van der Waals surface area contributed by atoms with Gasteiger partial charge in [-0.1, -0.05) is 18.6 Å². The zero-order valence-corrected chi connectivity index (χ0v) is 11.6. The standard InChI is InChI=1S/C15H20N2O3/c1-20-10-12-6-3-7-13(8-12)17-15(19)14(18)16-9-11-4-2-5-11/h3,6-8,11H,2,4-5,9-10H2,1H3,(H,16,18)(H,17,19). The Kier molecular flexibility index (Phi) is 5.12. The van der Waals surface area contributed by atoms with Crippen molar-refractivity contribution in [2.75, 3.05) is 19.0 Å². The summed E-state index contributed by atoms with van der Waals surface area (Å²) < 4.78 is 5.03. The van der Waals surface area contributed by atoms with Crippen LogP contribution >= 0.6 is 0 Å². The highest BCUT2D eigenvalue weighted by Gasteiger charge is 2.20. The Labute approximate surface area is 118 Å². The predicted molar refractivity (Wildman–Crippen MR) is 76.1 cm³/mol. The lowest BCUT2D eigenvalue weighted by atomic mass is 9.85. The topological polar surface area (TPSA) is 67.4 Å². The van der Waals surface area contributed by atoms with Crippen LogP contribution in [0.5, 0.6) is 0 Å². The van der Waals surface area contributed by atoms with E-state index in [2.05, 4.69) is 10.6 Å². The summed E-state index contributed by atoms with van der Waals surface area (Å²) in [7, 11) is 1.61. The molecule has 1 saturated carbocycles. The fraction of sp³-hybridized carbons (Fsp3) is 0.467. The van der Waals surface area contributed by atoms with Crippen molar-refractivity contribution in [2.24, 2.45) is 5.92 Å². The minimum atomic E-state index is -0.626. The van der Waals surface area contributed by atoms with Crippen LogP contribution < -0.4 is 10.6 Å². The maximum Gasteiger partial charge on any atom is 0.313 e. The van der Waals surface area contributed by atoms with Gasteiger partial charge in [0, 0.05) is 19.3 Å². The lowest BCUT2D eigenvalue weighted by Crippen LogP contribution is -2.39. The van der Waals surface area contributed by atoms with Crippen molar-refractivity contribution >= 4 is 17.5 Å². The Bertz CT molecular complexity index is 484. The largest absolute Gasteiger partial charge is 0.380 e. The van der Waals surface area contributed by atoms with Gasteiger partial charge in [-0.25, -0.2) is 0 Å². The van der Waals surface area contributed by atoms with Crippen LogP contribution in [0.3, 0.4) is 0 Å². The molecule has 1 aromatic carbocycles. The molecule has 0 atom stereocenters. The third-order valence-electron chi connectivity index (χ3n) is 3.48. The summed E-state index contributed by atoms with van der Waals surface area (Å²) in [6.07, 6.45) is 3.50. The first kappa shape index (κ1) is 14.5. The number of carbonyl (C=O) groups is 2.